The summed E-state index contributed by atoms with van der Waals surface area (Å²) in [7, 11) is -1.71. The van der Waals surface area contributed by atoms with Gasteiger partial charge in [0, 0.05) is 57.7 Å². The van der Waals surface area contributed by atoms with Crippen molar-refractivity contribution < 1.29 is 42.0 Å². The van der Waals surface area contributed by atoms with Crippen LogP contribution in [-0.2, 0) is 63.4 Å². The van der Waals surface area contributed by atoms with Crippen LogP contribution >= 0.6 is 0 Å². The Morgan fingerprint density at radius 3 is 2.28 bits per heavy atom. The molecule has 0 spiro atoms. The largest absolute Gasteiger partial charge is 0.370 e. The summed E-state index contributed by atoms with van der Waals surface area (Å²) >= 11 is 0. The summed E-state index contributed by atoms with van der Waals surface area (Å²) in [6.45, 7) is 2.52. The van der Waals surface area contributed by atoms with Gasteiger partial charge < -0.3 is 26.2 Å². The zero-order chi connectivity index (χ0) is 46.7. The fraction of sp³-hybridized carbons (Fsp3) is 0.565. The highest BCUT2D eigenvalue weighted by Gasteiger charge is 2.45. The Bertz CT molecular complexity index is 2530. The third kappa shape index (κ3) is 10.7. The summed E-state index contributed by atoms with van der Waals surface area (Å²) in [4.78, 5) is 108. The summed E-state index contributed by atoms with van der Waals surface area (Å²) in [5.41, 5.74) is 8.18. The molecule has 0 radical (unpaired) electrons. The van der Waals surface area contributed by atoms with Crippen LogP contribution in [0, 0.1) is 17.8 Å². The van der Waals surface area contributed by atoms with E-state index in [-0.39, 0.29) is 79.0 Å². The van der Waals surface area contributed by atoms with Gasteiger partial charge in [-0.2, -0.15) is 0 Å². The highest BCUT2D eigenvalue weighted by atomic mass is 32.2. The van der Waals surface area contributed by atoms with E-state index in [0.29, 0.717) is 42.8 Å². The topological polar surface area (TPSA) is 249 Å². The van der Waals surface area contributed by atoms with Crippen molar-refractivity contribution in [3.05, 3.63) is 64.1 Å². The van der Waals surface area contributed by atoms with Gasteiger partial charge in [0.25, 0.3) is 0 Å². The molecule has 18 nitrogen and oxygen atoms in total. The normalized spacial score (nSPS) is 24.4. The number of imidazole rings is 1. The van der Waals surface area contributed by atoms with Crippen LogP contribution < -0.4 is 27.4 Å². The molecule has 1 unspecified atom stereocenters. The number of rotatable bonds is 14. The molecule has 1 aliphatic carbocycles. The van der Waals surface area contributed by atoms with E-state index in [1.54, 1.807) is 35.6 Å². The Labute approximate surface area is 377 Å². The molecule has 1 aromatic heterocycles. The molecule has 2 aromatic carbocycles. The number of carbonyl (C=O) groups excluding carboxylic acids is 7. The maximum atomic E-state index is 14.0. The van der Waals surface area contributed by atoms with E-state index in [4.69, 9.17) is 5.73 Å². The number of aryl methyl sites for hydroxylation is 2. The Morgan fingerprint density at radius 2 is 1.60 bits per heavy atom. The van der Waals surface area contributed by atoms with Crippen LogP contribution in [0.5, 0.6) is 0 Å². The van der Waals surface area contributed by atoms with E-state index < -0.39 is 57.5 Å². The second-order valence-corrected chi connectivity index (χ2v) is 20.4. The first-order valence-corrected chi connectivity index (χ1v) is 24.6. The Kier molecular flexibility index (Phi) is 14.3. The second kappa shape index (κ2) is 19.7. The van der Waals surface area contributed by atoms with Crippen molar-refractivity contribution in [2.45, 2.75) is 126 Å². The third-order valence-electron chi connectivity index (χ3n) is 13.9. The van der Waals surface area contributed by atoms with Crippen LogP contribution in [0.2, 0.25) is 0 Å². The van der Waals surface area contributed by atoms with Crippen molar-refractivity contribution >= 4 is 62.2 Å². The smallest absolute Gasteiger partial charge is 0.329 e. The zero-order valence-corrected chi connectivity index (χ0v) is 38.1. The molecule has 0 bridgehead atoms. The average molecular weight is 917 g/mol. The number of carbonyl (C=O) groups is 7. The first-order valence-electron chi connectivity index (χ1n) is 22.7. The lowest BCUT2D eigenvalue weighted by atomic mass is 9.79. The minimum absolute atomic E-state index is 0.0477. The molecular formula is C46H60N8O10S. The lowest BCUT2D eigenvalue weighted by Crippen LogP contribution is -2.57. The fourth-order valence-corrected chi connectivity index (χ4v) is 10.8. The highest BCUT2D eigenvalue weighted by Crippen LogP contribution is 2.35. The van der Waals surface area contributed by atoms with Gasteiger partial charge >= 0.3 is 5.69 Å². The van der Waals surface area contributed by atoms with Crippen molar-refractivity contribution in [3.8, 4) is 0 Å². The number of piperidine rings is 1. The predicted octanol–water partition coefficient (Wildman–Crippen LogP) is 1.75. The Hall–Kier alpha value is -5.85. The lowest BCUT2D eigenvalue weighted by molar-refractivity contribution is -0.148. The maximum Gasteiger partial charge on any atom is 0.329 e. The van der Waals surface area contributed by atoms with E-state index in [9.17, 15) is 46.8 Å². The molecule has 4 fully saturated rings. The number of fused-ring (bicyclic) bond motifs is 2. The van der Waals surface area contributed by atoms with Crippen LogP contribution in [0.4, 0.5) is 0 Å². The first kappa shape index (κ1) is 47.1. The lowest BCUT2D eigenvalue weighted by Gasteiger charge is -2.39. The van der Waals surface area contributed by atoms with E-state index in [0.717, 1.165) is 55.9 Å². The van der Waals surface area contributed by atoms with Crippen molar-refractivity contribution in [2.24, 2.45) is 30.5 Å². The van der Waals surface area contributed by atoms with E-state index >= 15 is 0 Å². The monoisotopic (exact) mass is 916 g/mol. The number of primary amides is 1. The van der Waals surface area contributed by atoms with E-state index in [2.05, 4.69) is 16.0 Å². The van der Waals surface area contributed by atoms with Crippen molar-refractivity contribution in [2.75, 3.05) is 19.3 Å². The highest BCUT2D eigenvalue weighted by molar-refractivity contribution is 7.90. The molecule has 7 amide bonds. The number of imide groups is 1. The number of amides is 7. The van der Waals surface area contributed by atoms with Crippen LogP contribution in [0.25, 0.3) is 11.0 Å². The van der Waals surface area contributed by atoms with Crippen molar-refractivity contribution in [3.63, 3.8) is 0 Å². The van der Waals surface area contributed by atoms with Gasteiger partial charge in [-0.25, -0.2) is 13.2 Å². The summed E-state index contributed by atoms with van der Waals surface area (Å²) in [6.07, 6.45) is 7.82. The standard InChI is InChI=1S/C46H60N8O10S/c1-27-26-52(45(61)31-11-6-28(7-12-31)4-5-29-10-17-35-38(24-29)51(2)46(62)54(35)37-19-21-40(56)50-43(37)59)23-22-32-13-18-36(53(32)44(27)60)42(58)49-34(16-20-39(47)55)41(57)48-25-30-8-14-33(15-9-30)65(3,63)64/h8-10,14-15,17,24,27-28,31-32,34,36-37H,4-7,11-13,16,18-23,25-26H2,1-3H3,(H2,47,55)(H,48,57)(H,49,58)(H,50,56,59)/t27-,28-,31+,32+,34-,36-,37?/m0/s1. The number of nitrogens with zero attached hydrogens (tertiary/aromatic N) is 4. The average Bonchev–Trinajstić information content (AvgIpc) is 3.80. The van der Waals surface area contributed by atoms with Gasteiger partial charge in [-0.1, -0.05) is 25.1 Å². The molecule has 65 heavy (non-hydrogen) atoms. The van der Waals surface area contributed by atoms with Crippen LogP contribution in [0.1, 0.15) is 101 Å². The molecular weight excluding hydrogens is 857 g/mol. The summed E-state index contributed by atoms with van der Waals surface area (Å²) in [6, 6.07) is 8.96. The zero-order valence-electron chi connectivity index (χ0n) is 37.3. The third-order valence-corrected chi connectivity index (χ3v) is 15.0. The number of hydrogen-bond donors (Lipinski definition) is 4. The number of hydrogen-bond acceptors (Lipinski definition) is 10. The molecule has 350 valence electrons. The van der Waals surface area contributed by atoms with Gasteiger partial charge in [-0.15, -0.1) is 0 Å². The van der Waals surface area contributed by atoms with Gasteiger partial charge in [0.1, 0.15) is 18.1 Å². The molecule has 3 saturated heterocycles. The van der Waals surface area contributed by atoms with Crippen LogP contribution in [-0.4, -0.2) is 106 Å². The summed E-state index contributed by atoms with van der Waals surface area (Å²) in [5, 5.41) is 7.86. The Morgan fingerprint density at radius 1 is 0.892 bits per heavy atom. The quantitative estimate of drug-likeness (QED) is 0.171. The van der Waals surface area contributed by atoms with Crippen LogP contribution in [0.15, 0.2) is 52.2 Å². The van der Waals surface area contributed by atoms with E-state index in [1.165, 1.54) is 16.7 Å². The molecule has 4 aliphatic rings. The van der Waals surface area contributed by atoms with E-state index in [1.807, 2.05) is 23.1 Å². The van der Waals surface area contributed by atoms with Crippen molar-refractivity contribution in [1.82, 2.24) is 34.9 Å². The van der Waals surface area contributed by atoms with Crippen LogP contribution in [0.3, 0.4) is 0 Å². The minimum Gasteiger partial charge on any atom is -0.370 e. The number of nitrogens with two attached hydrogens (primary N) is 1. The molecule has 3 aromatic rings. The summed E-state index contributed by atoms with van der Waals surface area (Å²) < 4.78 is 26.7. The molecule has 5 N–H and O–H groups in total. The summed E-state index contributed by atoms with van der Waals surface area (Å²) in [5.74, 6) is -2.94. The Balaban J connectivity index is 0.903. The fourth-order valence-electron chi connectivity index (χ4n) is 10.1. The predicted molar refractivity (Wildman–Crippen MR) is 238 cm³/mol. The minimum atomic E-state index is -3.39. The number of nitrogens with one attached hydrogen (secondary N) is 3. The molecule has 19 heteroatoms. The number of aromatic nitrogens is 2. The molecule has 4 heterocycles. The molecule has 5 atom stereocenters. The van der Waals surface area contributed by atoms with Gasteiger partial charge in [0.2, 0.25) is 41.4 Å². The van der Waals surface area contributed by atoms with Gasteiger partial charge in [0.05, 0.1) is 21.8 Å². The van der Waals surface area contributed by atoms with Gasteiger partial charge in [-0.05, 0) is 112 Å². The molecule has 3 aliphatic heterocycles. The number of benzene rings is 2. The number of sulfone groups is 1. The van der Waals surface area contributed by atoms with Gasteiger partial charge in [0.15, 0.2) is 9.84 Å². The maximum absolute atomic E-state index is 14.0. The van der Waals surface area contributed by atoms with Gasteiger partial charge in [-0.3, -0.25) is 48.0 Å². The first-order chi connectivity index (χ1) is 30.9. The molecule has 1 saturated carbocycles. The van der Waals surface area contributed by atoms with Crippen molar-refractivity contribution in [1.29, 1.82) is 0 Å². The SMILES string of the molecule is C[C@H]1CN(C(=O)[C@H]2CC[C@@H](CCc3ccc4c(c3)n(C)c(=O)n4C3CCC(=O)NC3=O)CC2)CC[C@H]2CC[C@@H](C(=O)N[C@@H](CCC(N)=O)C(=O)NCc3ccc(S(C)(=O)=O)cc3)N2C1=O. The second-order valence-electron chi connectivity index (χ2n) is 18.4. The molecule has 7 rings (SSSR count).